The molecule has 6 rings (SSSR count). The number of hydrogen-bond acceptors (Lipinski definition) is 5. The van der Waals surface area contributed by atoms with E-state index in [9.17, 15) is 23.1 Å². The van der Waals surface area contributed by atoms with Crippen LogP contribution in [0.5, 0.6) is 5.75 Å². The summed E-state index contributed by atoms with van der Waals surface area (Å²) in [6, 6.07) is 24.9. The molecule has 3 heterocycles. The number of carbonyl (C=O) groups is 1. The number of alkyl halides is 3. The van der Waals surface area contributed by atoms with Crippen LogP contribution in [-0.2, 0) is 16.2 Å². The quantitative estimate of drug-likeness (QED) is 0.359. The van der Waals surface area contributed by atoms with E-state index in [0.29, 0.717) is 24.3 Å². The standard InChI is InChI=1S/C30H31F3N2O4/c1-38-25-15-9-8-14-22(25)18-35(39-30(31,32)33)27-23-16-17-34(19-24(23)29(36)37)28(27)26(20-10-4-2-5-11-20)21-12-6-3-7-13-21/h2-15,23-24,26-28H,16-19H2,1H3,(H,36,37)/t23-,24-,27-,28-/m0/s1. The van der Waals surface area contributed by atoms with E-state index in [2.05, 4.69) is 0 Å². The number of methoxy groups -OCH3 is 1. The molecule has 1 unspecified atom stereocenters. The molecule has 3 aromatic rings. The van der Waals surface area contributed by atoms with Crippen LogP contribution in [0.2, 0.25) is 0 Å². The molecule has 3 fully saturated rings. The summed E-state index contributed by atoms with van der Waals surface area (Å²) in [4.78, 5) is 19.2. The lowest BCUT2D eigenvalue weighted by Gasteiger charge is -2.58. The fraction of sp³-hybridized carbons (Fsp3) is 0.367. The Morgan fingerprint density at radius 1 is 1.00 bits per heavy atom. The smallest absolute Gasteiger partial charge is 0.496 e. The monoisotopic (exact) mass is 540 g/mol. The second-order valence-electron chi connectivity index (χ2n) is 10.1. The van der Waals surface area contributed by atoms with E-state index in [4.69, 9.17) is 9.57 Å². The van der Waals surface area contributed by atoms with Crippen LogP contribution in [0.15, 0.2) is 84.9 Å². The Morgan fingerprint density at radius 3 is 2.15 bits per heavy atom. The average molecular weight is 541 g/mol. The van der Waals surface area contributed by atoms with Gasteiger partial charge in [0.25, 0.3) is 0 Å². The van der Waals surface area contributed by atoms with Crippen molar-refractivity contribution >= 4 is 5.97 Å². The molecule has 206 valence electrons. The summed E-state index contributed by atoms with van der Waals surface area (Å²) < 4.78 is 47.4. The second-order valence-corrected chi connectivity index (χ2v) is 10.1. The molecule has 1 N–H and O–H groups in total. The third-order valence-corrected chi connectivity index (χ3v) is 7.96. The number of fused-ring (bicyclic) bond motifs is 3. The van der Waals surface area contributed by atoms with Crippen molar-refractivity contribution in [3.63, 3.8) is 0 Å². The number of carboxylic acids is 1. The van der Waals surface area contributed by atoms with Gasteiger partial charge in [-0.15, -0.1) is 13.2 Å². The van der Waals surface area contributed by atoms with Crippen molar-refractivity contribution in [2.24, 2.45) is 11.8 Å². The van der Waals surface area contributed by atoms with Gasteiger partial charge in [-0.3, -0.25) is 9.69 Å². The summed E-state index contributed by atoms with van der Waals surface area (Å²) in [5.41, 5.74) is 2.41. The molecular weight excluding hydrogens is 509 g/mol. The zero-order chi connectivity index (χ0) is 27.6. The molecule has 6 nitrogen and oxygen atoms in total. The number of rotatable bonds is 9. The highest BCUT2D eigenvalue weighted by molar-refractivity contribution is 5.71. The lowest BCUT2D eigenvalue weighted by atomic mass is 9.66. The van der Waals surface area contributed by atoms with Gasteiger partial charge in [-0.1, -0.05) is 78.9 Å². The number of hydrogen-bond donors (Lipinski definition) is 1. The Labute approximate surface area is 225 Å². The zero-order valence-electron chi connectivity index (χ0n) is 21.5. The van der Waals surface area contributed by atoms with E-state index in [1.54, 1.807) is 24.3 Å². The van der Waals surface area contributed by atoms with Crippen molar-refractivity contribution in [3.05, 3.63) is 102 Å². The van der Waals surface area contributed by atoms with Crippen LogP contribution < -0.4 is 4.74 Å². The van der Waals surface area contributed by atoms with E-state index in [1.165, 1.54) is 7.11 Å². The third kappa shape index (κ3) is 5.80. The van der Waals surface area contributed by atoms with E-state index >= 15 is 0 Å². The van der Waals surface area contributed by atoms with Crippen LogP contribution in [0.4, 0.5) is 13.2 Å². The van der Waals surface area contributed by atoms with Crippen molar-refractivity contribution in [2.75, 3.05) is 20.2 Å². The van der Waals surface area contributed by atoms with Crippen molar-refractivity contribution in [2.45, 2.75) is 37.3 Å². The topological polar surface area (TPSA) is 62.2 Å². The van der Waals surface area contributed by atoms with Gasteiger partial charge in [0.2, 0.25) is 0 Å². The maximum atomic E-state index is 14.0. The van der Waals surface area contributed by atoms with Gasteiger partial charge >= 0.3 is 12.3 Å². The molecular formula is C30H31F3N2O4. The van der Waals surface area contributed by atoms with Crippen molar-refractivity contribution in [3.8, 4) is 5.75 Å². The first-order valence-corrected chi connectivity index (χ1v) is 13.0. The zero-order valence-corrected chi connectivity index (χ0v) is 21.5. The molecule has 0 aliphatic carbocycles. The minimum Gasteiger partial charge on any atom is -0.496 e. The Hall–Kier alpha value is -3.40. The number of halogens is 3. The summed E-state index contributed by atoms with van der Waals surface area (Å²) in [5, 5.41) is 11.1. The van der Waals surface area contributed by atoms with Crippen LogP contribution in [0, 0.1) is 11.8 Å². The van der Waals surface area contributed by atoms with Gasteiger partial charge in [0.15, 0.2) is 0 Å². The number of benzene rings is 3. The molecule has 0 aromatic heterocycles. The summed E-state index contributed by atoms with van der Waals surface area (Å²) >= 11 is 0. The molecule has 5 atom stereocenters. The van der Waals surface area contributed by atoms with Crippen LogP contribution in [0.1, 0.15) is 29.0 Å². The molecule has 0 amide bonds. The summed E-state index contributed by atoms with van der Waals surface area (Å²) in [7, 11) is 1.46. The van der Waals surface area contributed by atoms with Gasteiger partial charge in [0.1, 0.15) is 5.75 Å². The lowest BCUT2D eigenvalue weighted by molar-refractivity contribution is -0.434. The van der Waals surface area contributed by atoms with Crippen LogP contribution >= 0.6 is 0 Å². The lowest BCUT2D eigenvalue weighted by Crippen LogP contribution is -2.69. The molecule has 9 heteroatoms. The highest BCUT2D eigenvalue weighted by atomic mass is 19.4. The summed E-state index contributed by atoms with van der Waals surface area (Å²) in [6.45, 7) is 0.643. The molecule has 3 saturated heterocycles. The van der Waals surface area contributed by atoms with E-state index in [0.717, 1.165) is 16.2 Å². The van der Waals surface area contributed by atoms with Crippen molar-refractivity contribution in [1.82, 2.24) is 9.96 Å². The second kappa shape index (κ2) is 11.4. The number of piperidine rings is 3. The molecule has 3 aliphatic rings. The number of carboxylic acid groups (broad SMARTS) is 1. The number of nitrogens with zero attached hydrogens (tertiary/aromatic N) is 2. The number of ether oxygens (including phenoxy) is 1. The third-order valence-electron chi connectivity index (χ3n) is 7.96. The van der Waals surface area contributed by atoms with Crippen LogP contribution in [0.25, 0.3) is 0 Å². The molecule has 2 bridgehead atoms. The van der Waals surface area contributed by atoms with Gasteiger partial charge in [-0.25, -0.2) is 0 Å². The Morgan fingerprint density at radius 2 is 1.59 bits per heavy atom. The highest BCUT2D eigenvalue weighted by Crippen LogP contribution is 2.47. The Balaban J connectivity index is 1.66. The Bertz CT molecular complexity index is 1220. The van der Waals surface area contributed by atoms with Crippen molar-refractivity contribution in [1.29, 1.82) is 0 Å². The average Bonchev–Trinajstić information content (AvgIpc) is 2.94. The first kappa shape index (κ1) is 27.2. The van der Waals surface area contributed by atoms with E-state index in [-0.39, 0.29) is 19.0 Å². The minimum absolute atomic E-state index is 0.225. The first-order valence-electron chi connectivity index (χ1n) is 13.0. The highest BCUT2D eigenvalue weighted by Gasteiger charge is 2.56. The molecule has 39 heavy (non-hydrogen) atoms. The van der Waals surface area contributed by atoms with Gasteiger partial charge in [0.05, 0.1) is 25.6 Å². The molecule has 0 saturated carbocycles. The maximum Gasteiger partial charge on any atom is 0.539 e. The molecule has 0 spiro atoms. The van der Waals surface area contributed by atoms with Crippen LogP contribution in [0.3, 0.4) is 0 Å². The molecule has 0 radical (unpaired) electrons. The SMILES string of the molecule is COc1ccccc1CN(OC(F)(F)F)[C@H]1[C@H]2CCN(C[C@@H]2C(=O)O)[C@H]1C(c1ccccc1)c1ccccc1. The summed E-state index contributed by atoms with van der Waals surface area (Å²) in [6.07, 6.45) is -4.51. The predicted molar refractivity (Wildman–Crippen MR) is 139 cm³/mol. The van der Waals surface area contributed by atoms with Gasteiger partial charge in [-0.2, -0.15) is 9.90 Å². The van der Waals surface area contributed by atoms with Crippen molar-refractivity contribution < 1.29 is 32.6 Å². The summed E-state index contributed by atoms with van der Waals surface area (Å²) in [5.74, 6) is -2.25. The van der Waals surface area contributed by atoms with Crippen LogP contribution in [-0.4, -0.2) is 59.7 Å². The van der Waals surface area contributed by atoms with Gasteiger partial charge in [0, 0.05) is 24.1 Å². The van der Waals surface area contributed by atoms with Gasteiger partial charge in [-0.05, 0) is 36.1 Å². The number of aliphatic carboxylic acids is 1. The number of hydroxylamine groups is 2. The fourth-order valence-corrected chi connectivity index (χ4v) is 6.44. The molecule has 3 aliphatic heterocycles. The number of para-hydroxylation sites is 1. The van der Waals surface area contributed by atoms with E-state index < -0.39 is 36.3 Å². The van der Waals surface area contributed by atoms with E-state index in [1.807, 2.05) is 65.6 Å². The first-order chi connectivity index (χ1) is 18.8. The normalized spacial score (nSPS) is 24.7. The fourth-order valence-electron chi connectivity index (χ4n) is 6.44. The maximum absolute atomic E-state index is 14.0. The Kier molecular flexibility index (Phi) is 7.93. The molecule has 3 aromatic carbocycles. The minimum atomic E-state index is -4.97. The predicted octanol–water partition coefficient (Wildman–Crippen LogP) is 5.55. The van der Waals surface area contributed by atoms with Gasteiger partial charge < -0.3 is 9.84 Å². The largest absolute Gasteiger partial charge is 0.539 e.